The van der Waals surface area contributed by atoms with E-state index in [4.69, 9.17) is 9.47 Å². The third-order valence-electron chi connectivity index (χ3n) is 7.09. The lowest BCUT2D eigenvalue weighted by atomic mass is 9.94. The van der Waals surface area contributed by atoms with Gasteiger partial charge in [-0.15, -0.1) is 0 Å². The van der Waals surface area contributed by atoms with Crippen LogP contribution in [0.1, 0.15) is 53.0 Å². The molecule has 0 saturated carbocycles. The Morgan fingerprint density at radius 2 is 1.83 bits per heavy atom. The molecule has 5 rings (SSSR count). The van der Waals surface area contributed by atoms with Crippen LogP contribution in [0.15, 0.2) is 48.6 Å². The quantitative estimate of drug-likeness (QED) is 0.434. The lowest BCUT2D eigenvalue weighted by Crippen LogP contribution is -2.43. The minimum Gasteiger partial charge on any atom is -0.454 e. The maximum Gasteiger partial charge on any atom is 0.263 e. The Hall–Kier alpha value is -3.81. The Morgan fingerprint density at radius 3 is 2.56 bits per heavy atom. The van der Waals surface area contributed by atoms with Crippen LogP contribution in [0.4, 0.5) is 5.69 Å². The van der Waals surface area contributed by atoms with E-state index < -0.39 is 0 Å². The molecule has 0 unspecified atom stereocenters. The molecule has 0 bridgehead atoms. The zero-order valence-electron chi connectivity index (χ0n) is 20.8. The number of imide groups is 1. The largest absolute Gasteiger partial charge is 0.454 e. The first-order chi connectivity index (χ1) is 17.4. The average Bonchev–Trinajstić information content (AvgIpc) is 3.45. The standard InChI is InChI=1S/C28H31N3O5/c1-4-29(15-18(2)3)26(32)20-10-12-30(13-11-20)22-7-5-6-21-25(22)28(34)31(27(21)33)16-19-8-9-23-24(14-19)36-17-35-23/h5-9,14,20H,2,4,10-13,15-17H2,1,3H3. The second-order valence-electron chi connectivity index (χ2n) is 9.65. The monoisotopic (exact) mass is 489 g/mol. The van der Waals surface area contributed by atoms with Gasteiger partial charge >= 0.3 is 0 Å². The Kier molecular flexibility index (Phi) is 6.43. The summed E-state index contributed by atoms with van der Waals surface area (Å²) in [5, 5.41) is 0. The second kappa shape index (κ2) is 9.68. The zero-order chi connectivity index (χ0) is 25.4. The van der Waals surface area contributed by atoms with Crippen molar-refractivity contribution in [2.45, 2.75) is 33.2 Å². The lowest BCUT2D eigenvalue weighted by molar-refractivity contribution is -0.135. The number of hydrogen-bond donors (Lipinski definition) is 0. The van der Waals surface area contributed by atoms with Crippen molar-refractivity contribution in [1.29, 1.82) is 0 Å². The van der Waals surface area contributed by atoms with Crippen LogP contribution in [0.3, 0.4) is 0 Å². The molecule has 0 aromatic heterocycles. The maximum atomic E-state index is 13.5. The van der Waals surface area contributed by atoms with Crippen LogP contribution < -0.4 is 14.4 Å². The van der Waals surface area contributed by atoms with Gasteiger partial charge in [-0.2, -0.15) is 0 Å². The predicted octanol–water partition coefficient (Wildman–Crippen LogP) is 3.85. The number of benzene rings is 2. The van der Waals surface area contributed by atoms with E-state index in [9.17, 15) is 14.4 Å². The fourth-order valence-electron chi connectivity index (χ4n) is 5.24. The zero-order valence-corrected chi connectivity index (χ0v) is 20.8. The first-order valence-electron chi connectivity index (χ1n) is 12.4. The van der Waals surface area contributed by atoms with Gasteiger partial charge in [-0.1, -0.05) is 24.3 Å². The highest BCUT2D eigenvalue weighted by atomic mass is 16.7. The van der Waals surface area contributed by atoms with E-state index in [2.05, 4.69) is 11.5 Å². The summed E-state index contributed by atoms with van der Waals surface area (Å²) in [4.78, 5) is 45.0. The van der Waals surface area contributed by atoms with E-state index in [-0.39, 0.29) is 37.0 Å². The third-order valence-corrected chi connectivity index (χ3v) is 7.09. The molecule has 2 aromatic carbocycles. The molecule has 0 atom stereocenters. The van der Waals surface area contributed by atoms with Crippen LogP contribution in [0.2, 0.25) is 0 Å². The number of ether oxygens (including phenoxy) is 2. The number of carbonyl (C=O) groups is 3. The molecule has 3 aliphatic heterocycles. The number of rotatable bonds is 7. The van der Waals surface area contributed by atoms with Crippen molar-refractivity contribution in [3.8, 4) is 11.5 Å². The molecule has 3 heterocycles. The molecule has 8 nitrogen and oxygen atoms in total. The van der Waals surface area contributed by atoms with Crippen molar-refractivity contribution in [3.63, 3.8) is 0 Å². The summed E-state index contributed by atoms with van der Waals surface area (Å²) in [6.07, 6.45) is 1.41. The van der Waals surface area contributed by atoms with Crippen LogP contribution in [-0.2, 0) is 11.3 Å². The predicted molar refractivity (Wildman–Crippen MR) is 135 cm³/mol. The van der Waals surface area contributed by atoms with Gasteiger partial charge < -0.3 is 19.3 Å². The maximum absolute atomic E-state index is 13.5. The smallest absolute Gasteiger partial charge is 0.263 e. The van der Waals surface area contributed by atoms with Gasteiger partial charge in [0.05, 0.1) is 23.4 Å². The van der Waals surface area contributed by atoms with Gasteiger partial charge in [0.1, 0.15) is 0 Å². The SMILES string of the molecule is C=C(C)CN(CC)C(=O)C1CCN(c2cccc3c2C(=O)N(Cc2ccc4c(c2)OCO4)C3=O)CC1. The Morgan fingerprint density at radius 1 is 1.08 bits per heavy atom. The fourth-order valence-corrected chi connectivity index (χ4v) is 5.24. The normalized spacial score (nSPS) is 16.9. The Bertz CT molecular complexity index is 1230. The summed E-state index contributed by atoms with van der Waals surface area (Å²) < 4.78 is 10.8. The molecule has 3 amide bonds. The summed E-state index contributed by atoms with van der Waals surface area (Å²) >= 11 is 0. The number of anilines is 1. The van der Waals surface area contributed by atoms with Gasteiger partial charge in [0, 0.05) is 32.1 Å². The number of carbonyl (C=O) groups excluding carboxylic acids is 3. The molecular formula is C28H31N3O5. The summed E-state index contributed by atoms with van der Waals surface area (Å²) in [5.74, 6) is 0.814. The first-order valence-corrected chi connectivity index (χ1v) is 12.4. The van der Waals surface area contributed by atoms with Crippen molar-refractivity contribution in [1.82, 2.24) is 9.80 Å². The molecule has 0 radical (unpaired) electrons. The van der Waals surface area contributed by atoms with Crippen LogP contribution >= 0.6 is 0 Å². The van der Waals surface area contributed by atoms with E-state index >= 15 is 0 Å². The summed E-state index contributed by atoms with van der Waals surface area (Å²) in [5.41, 5.74) is 3.40. The van der Waals surface area contributed by atoms with Gasteiger partial charge in [-0.3, -0.25) is 19.3 Å². The van der Waals surface area contributed by atoms with Gasteiger partial charge in [-0.25, -0.2) is 0 Å². The van der Waals surface area contributed by atoms with Crippen LogP contribution in [0.25, 0.3) is 0 Å². The lowest BCUT2D eigenvalue weighted by Gasteiger charge is -2.36. The van der Waals surface area contributed by atoms with Gasteiger partial charge in [0.25, 0.3) is 11.8 Å². The minimum atomic E-state index is -0.294. The van der Waals surface area contributed by atoms with E-state index in [0.29, 0.717) is 61.6 Å². The van der Waals surface area contributed by atoms with Crippen molar-refractivity contribution >= 4 is 23.4 Å². The molecular weight excluding hydrogens is 458 g/mol. The van der Waals surface area contributed by atoms with Crippen molar-refractivity contribution < 1.29 is 23.9 Å². The summed E-state index contributed by atoms with van der Waals surface area (Å²) in [7, 11) is 0. The first kappa shape index (κ1) is 23.9. The fraction of sp³-hybridized carbons (Fsp3) is 0.393. The van der Waals surface area contributed by atoms with Crippen molar-refractivity contribution in [2.24, 2.45) is 5.92 Å². The number of likely N-dealkylation sites (N-methyl/N-ethyl adjacent to an activating group) is 1. The molecule has 1 saturated heterocycles. The Labute approximate surface area is 211 Å². The van der Waals surface area contributed by atoms with Gasteiger partial charge in [-0.05, 0) is 56.5 Å². The second-order valence-corrected chi connectivity index (χ2v) is 9.65. The number of nitrogens with zero attached hydrogens (tertiary/aromatic N) is 3. The molecule has 2 aromatic rings. The molecule has 0 aliphatic carbocycles. The summed E-state index contributed by atoms with van der Waals surface area (Å²) in [6, 6.07) is 10.9. The minimum absolute atomic E-state index is 0.0443. The van der Waals surface area contributed by atoms with Crippen LogP contribution in [0, 0.1) is 5.92 Å². The van der Waals surface area contributed by atoms with Crippen molar-refractivity contribution in [2.75, 3.05) is 37.9 Å². The van der Waals surface area contributed by atoms with E-state index in [1.165, 1.54) is 4.90 Å². The average molecular weight is 490 g/mol. The molecule has 36 heavy (non-hydrogen) atoms. The van der Waals surface area contributed by atoms with Crippen LogP contribution in [-0.4, -0.2) is 60.5 Å². The molecule has 3 aliphatic rings. The molecule has 0 N–H and O–H groups in total. The Balaban J connectivity index is 1.30. The number of piperidine rings is 1. The number of hydrogen-bond acceptors (Lipinski definition) is 6. The molecule has 188 valence electrons. The number of fused-ring (bicyclic) bond motifs is 2. The molecule has 8 heteroatoms. The highest BCUT2D eigenvalue weighted by Crippen LogP contribution is 2.37. The summed E-state index contributed by atoms with van der Waals surface area (Å²) in [6.45, 7) is 10.7. The van der Waals surface area contributed by atoms with Gasteiger partial charge in [0.15, 0.2) is 11.5 Å². The topological polar surface area (TPSA) is 79.4 Å². The van der Waals surface area contributed by atoms with E-state index in [1.807, 2.05) is 43.0 Å². The van der Waals surface area contributed by atoms with Crippen LogP contribution in [0.5, 0.6) is 11.5 Å². The molecule has 0 spiro atoms. The van der Waals surface area contributed by atoms with Crippen molar-refractivity contribution in [3.05, 3.63) is 65.2 Å². The third kappa shape index (κ3) is 4.32. The van der Waals surface area contributed by atoms with E-state index in [1.54, 1.807) is 12.1 Å². The van der Waals surface area contributed by atoms with E-state index in [0.717, 1.165) is 16.8 Å². The molecule has 1 fully saturated rings. The van der Waals surface area contributed by atoms with Gasteiger partial charge in [0.2, 0.25) is 12.7 Å². The highest BCUT2D eigenvalue weighted by Gasteiger charge is 2.39. The highest BCUT2D eigenvalue weighted by molar-refractivity contribution is 6.23. The number of amides is 3.